The minimum Gasteiger partial charge on any atom is -0.298 e. The van der Waals surface area contributed by atoms with E-state index in [-0.39, 0.29) is 5.54 Å². The van der Waals surface area contributed by atoms with E-state index in [2.05, 4.69) is 74.5 Å². The van der Waals surface area contributed by atoms with Gasteiger partial charge in [0.05, 0.1) is 16.9 Å². The number of hydrogen-bond donors (Lipinski definition) is 1. The van der Waals surface area contributed by atoms with Crippen LogP contribution in [-0.2, 0) is 0 Å². The summed E-state index contributed by atoms with van der Waals surface area (Å²) < 4.78 is 0. The molecule has 0 fully saturated rings. The highest BCUT2D eigenvalue weighted by atomic mass is 15.6. The molecule has 1 aromatic rings. The van der Waals surface area contributed by atoms with E-state index in [0.717, 1.165) is 0 Å². The molecule has 0 saturated carbocycles. The summed E-state index contributed by atoms with van der Waals surface area (Å²) in [5.41, 5.74) is 7.09. The van der Waals surface area contributed by atoms with Gasteiger partial charge in [-0.25, -0.2) is 0 Å². The van der Waals surface area contributed by atoms with Gasteiger partial charge in [0.1, 0.15) is 0 Å². The van der Waals surface area contributed by atoms with Crippen molar-refractivity contribution < 1.29 is 0 Å². The molecule has 90 valence electrons. The van der Waals surface area contributed by atoms with Crippen LogP contribution in [0, 0.1) is 0 Å². The second kappa shape index (κ2) is 4.28. The van der Waals surface area contributed by atoms with Gasteiger partial charge in [0.25, 0.3) is 0 Å². The molecule has 1 aliphatic rings. The van der Waals surface area contributed by atoms with Crippen LogP contribution in [0.25, 0.3) is 0 Å². The smallest absolute Gasteiger partial charge is 0.0759 e. The molecule has 1 aliphatic heterocycles. The number of allylic oxidation sites excluding steroid dienone is 2. The fourth-order valence-corrected chi connectivity index (χ4v) is 2.11. The minimum absolute atomic E-state index is 0.0113. The maximum atomic E-state index is 3.45. The van der Waals surface area contributed by atoms with Crippen molar-refractivity contribution in [3.05, 3.63) is 53.8 Å². The van der Waals surface area contributed by atoms with E-state index in [0.29, 0.717) is 0 Å². The number of nitrogens with one attached hydrogen (secondary N) is 1. The van der Waals surface area contributed by atoms with E-state index in [1.54, 1.807) is 0 Å². The van der Waals surface area contributed by atoms with Crippen LogP contribution < -0.4 is 10.4 Å². The van der Waals surface area contributed by atoms with Gasteiger partial charge in [-0.3, -0.25) is 10.4 Å². The number of rotatable bonds is 2. The van der Waals surface area contributed by atoms with E-state index in [9.17, 15) is 0 Å². The molecule has 0 unspecified atom stereocenters. The highest BCUT2D eigenvalue weighted by Gasteiger charge is 2.30. The van der Waals surface area contributed by atoms with Crippen LogP contribution in [0.1, 0.15) is 27.7 Å². The topological polar surface area (TPSA) is 15.3 Å². The lowest BCUT2D eigenvalue weighted by atomic mass is 10.0. The number of para-hydroxylation sites is 1. The van der Waals surface area contributed by atoms with Crippen molar-refractivity contribution in [2.45, 2.75) is 33.2 Å². The van der Waals surface area contributed by atoms with Gasteiger partial charge in [0.15, 0.2) is 0 Å². The summed E-state index contributed by atoms with van der Waals surface area (Å²) >= 11 is 0. The lowest BCUT2D eigenvalue weighted by molar-refractivity contribution is 0.561. The molecule has 0 aromatic heterocycles. The third kappa shape index (κ3) is 2.52. The average molecular weight is 228 g/mol. The number of hydrazine groups is 1. The van der Waals surface area contributed by atoms with Crippen LogP contribution in [0.2, 0.25) is 0 Å². The predicted octanol–water partition coefficient (Wildman–Crippen LogP) is 3.64. The third-order valence-electron chi connectivity index (χ3n) is 2.78. The SMILES string of the molecule is CC(C)=CC1=CC(C)(C)N(c2ccccc2)N1. The first-order chi connectivity index (χ1) is 7.99. The number of benzene rings is 1. The molecule has 0 aliphatic carbocycles. The number of anilines is 1. The number of hydrogen-bond acceptors (Lipinski definition) is 2. The lowest BCUT2D eigenvalue weighted by Crippen LogP contribution is -2.45. The Bertz CT molecular complexity index is 451. The van der Waals surface area contributed by atoms with Gasteiger partial charge in [-0.1, -0.05) is 23.8 Å². The Morgan fingerprint density at radius 2 is 1.82 bits per heavy atom. The van der Waals surface area contributed by atoms with E-state index in [4.69, 9.17) is 0 Å². The van der Waals surface area contributed by atoms with E-state index in [1.807, 2.05) is 6.07 Å². The molecule has 0 atom stereocenters. The largest absolute Gasteiger partial charge is 0.298 e. The van der Waals surface area contributed by atoms with Gasteiger partial charge >= 0.3 is 0 Å². The standard InChI is InChI=1S/C15H20N2/c1-12(2)10-13-11-15(3,4)17(16-13)14-8-6-5-7-9-14/h5-11,16H,1-4H3. The second-order valence-corrected chi connectivity index (χ2v) is 5.26. The summed E-state index contributed by atoms with van der Waals surface area (Å²) in [5.74, 6) is 0. The molecule has 0 bridgehead atoms. The molecular weight excluding hydrogens is 208 g/mol. The predicted molar refractivity (Wildman–Crippen MR) is 73.6 cm³/mol. The molecule has 1 heterocycles. The Balaban J connectivity index is 2.27. The van der Waals surface area contributed by atoms with Crippen LogP contribution in [0.15, 0.2) is 53.8 Å². The zero-order valence-corrected chi connectivity index (χ0v) is 11.0. The summed E-state index contributed by atoms with van der Waals surface area (Å²) in [6, 6.07) is 10.4. The molecular formula is C15H20N2. The van der Waals surface area contributed by atoms with Crippen LogP contribution in [0.3, 0.4) is 0 Å². The highest BCUT2D eigenvalue weighted by molar-refractivity contribution is 5.53. The molecule has 1 N–H and O–H groups in total. The zero-order chi connectivity index (χ0) is 12.5. The Morgan fingerprint density at radius 3 is 2.41 bits per heavy atom. The van der Waals surface area contributed by atoms with Gasteiger partial charge in [-0.2, -0.15) is 0 Å². The van der Waals surface area contributed by atoms with Crippen molar-refractivity contribution >= 4 is 5.69 Å². The summed E-state index contributed by atoms with van der Waals surface area (Å²) in [6.07, 6.45) is 4.43. The summed E-state index contributed by atoms with van der Waals surface area (Å²) in [6.45, 7) is 8.64. The molecule has 1 aromatic carbocycles. The maximum Gasteiger partial charge on any atom is 0.0759 e. The Hall–Kier alpha value is -1.70. The van der Waals surface area contributed by atoms with Crippen LogP contribution in [-0.4, -0.2) is 5.54 Å². The van der Waals surface area contributed by atoms with Gasteiger partial charge in [0, 0.05) is 0 Å². The first-order valence-electron chi connectivity index (χ1n) is 5.99. The van der Waals surface area contributed by atoms with Gasteiger partial charge in [-0.05, 0) is 52.0 Å². The number of nitrogens with zero attached hydrogens (tertiary/aromatic N) is 1. The van der Waals surface area contributed by atoms with Crippen LogP contribution in [0.4, 0.5) is 5.69 Å². The lowest BCUT2D eigenvalue weighted by Gasteiger charge is -2.32. The summed E-state index contributed by atoms with van der Waals surface area (Å²) in [4.78, 5) is 0. The van der Waals surface area contributed by atoms with Crippen molar-refractivity contribution in [2.24, 2.45) is 0 Å². The monoisotopic (exact) mass is 228 g/mol. The molecule has 17 heavy (non-hydrogen) atoms. The van der Waals surface area contributed by atoms with Crippen molar-refractivity contribution in [2.75, 3.05) is 5.01 Å². The quantitative estimate of drug-likeness (QED) is 0.831. The van der Waals surface area contributed by atoms with Crippen molar-refractivity contribution in [1.29, 1.82) is 0 Å². The third-order valence-corrected chi connectivity index (χ3v) is 2.78. The Kier molecular flexibility index (Phi) is 2.97. The Labute approximate surface area is 104 Å². The highest BCUT2D eigenvalue weighted by Crippen LogP contribution is 2.29. The molecule has 0 radical (unpaired) electrons. The molecule has 0 saturated heterocycles. The first kappa shape index (κ1) is 11.8. The normalized spacial score (nSPS) is 17.4. The van der Waals surface area contributed by atoms with Crippen molar-refractivity contribution in [1.82, 2.24) is 5.43 Å². The van der Waals surface area contributed by atoms with E-state index < -0.39 is 0 Å². The fraction of sp³-hybridized carbons (Fsp3) is 0.333. The van der Waals surface area contributed by atoms with E-state index in [1.165, 1.54) is 17.0 Å². The fourth-order valence-electron chi connectivity index (χ4n) is 2.11. The van der Waals surface area contributed by atoms with Gasteiger partial charge < -0.3 is 0 Å². The average Bonchev–Trinajstić information content (AvgIpc) is 2.53. The second-order valence-electron chi connectivity index (χ2n) is 5.26. The molecule has 2 heteroatoms. The van der Waals surface area contributed by atoms with Gasteiger partial charge in [-0.15, -0.1) is 0 Å². The van der Waals surface area contributed by atoms with Crippen LogP contribution in [0.5, 0.6) is 0 Å². The zero-order valence-electron chi connectivity index (χ0n) is 11.0. The molecule has 0 amide bonds. The maximum absolute atomic E-state index is 3.45. The van der Waals surface area contributed by atoms with Crippen LogP contribution >= 0.6 is 0 Å². The molecule has 2 rings (SSSR count). The summed E-state index contributed by atoms with van der Waals surface area (Å²) in [7, 11) is 0. The van der Waals surface area contributed by atoms with Gasteiger partial charge in [0.2, 0.25) is 0 Å². The molecule has 0 spiro atoms. The van der Waals surface area contributed by atoms with Crippen molar-refractivity contribution in [3.8, 4) is 0 Å². The minimum atomic E-state index is -0.0113. The summed E-state index contributed by atoms with van der Waals surface area (Å²) in [5, 5.41) is 2.20. The van der Waals surface area contributed by atoms with E-state index >= 15 is 0 Å². The first-order valence-corrected chi connectivity index (χ1v) is 5.99. The molecule has 2 nitrogen and oxygen atoms in total. The Morgan fingerprint density at radius 1 is 1.18 bits per heavy atom. The van der Waals surface area contributed by atoms with Crippen molar-refractivity contribution in [3.63, 3.8) is 0 Å².